The third-order valence-electron chi connectivity index (χ3n) is 3.48. The van der Waals surface area contributed by atoms with Crippen molar-refractivity contribution >= 4 is 17.8 Å². The Labute approximate surface area is 152 Å². The number of aromatic hydroxyl groups is 1. The summed E-state index contributed by atoms with van der Waals surface area (Å²) in [4.78, 5) is 23.6. The second kappa shape index (κ2) is 9.27. The number of phenols is 1. The molecule has 0 saturated heterocycles. The molecule has 0 saturated carbocycles. The summed E-state index contributed by atoms with van der Waals surface area (Å²) in [6.07, 6.45) is 3.06. The summed E-state index contributed by atoms with van der Waals surface area (Å²) in [5.41, 5.74) is 1.14. The lowest BCUT2D eigenvalue weighted by molar-refractivity contribution is -0.123. The second-order valence-corrected chi connectivity index (χ2v) is 5.40. The first kappa shape index (κ1) is 19.1. The van der Waals surface area contributed by atoms with E-state index in [-0.39, 0.29) is 24.0 Å². The molecule has 0 spiro atoms. The second-order valence-electron chi connectivity index (χ2n) is 5.40. The van der Waals surface area contributed by atoms with E-state index in [9.17, 15) is 14.7 Å². The van der Waals surface area contributed by atoms with Gasteiger partial charge in [-0.1, -0.05) is 24.3 Å². The lowest BCUT2D eigenvalue weighted by Gasteiger charge is -2.11. The zero-order chi connectivity index (χ0) is 18.9. The van der Waals surface area contributed by atoms with Crippen LogP contribution in [0.5, 0.6) is 17.2 Å². The van der Waals surface area contributed by atoms with Crippen LogP contribution in [-0.2, 0) is 4.79 Å². The Kier molecular flexibility index (Phi) is 6.79. The van der Waals surface area contributed by atoms with Gasteiger partial charge in [0.1, 0.15) is 5.75 Å². The van der Waals surface area contributed by atoms with E-state index in [2.05, 4.69) is 5.32 Å². The standard InChI is InChI=1S/C20H21NO5/c1-3-21-20(24)13-26-18-10-8-14(11-19(18)25-2)7-9-17(23)15-5-4-6-16(22)12-15/h4-12,22H,3,13H2,1-2H3,(H,21,24). The van der Waals surface area contributed by atoms with Gasteiger partial charge >= 0.3 is 0 Å². The molecule has 0 heterocycles. The molecule has 0 bridgehead atoms. The number of phenolic OH excluding ortho intramolecular Hbond substituents is 1. The predicted octanol–water partition coefficient (Wildman–Crippen LogP) is 2.81. The third kappa shape index (κ3) is 5.37. The fraction of sp³-hybridized carbons (Fsp3) is 0.200. The smallest absolute Gasteiger partial charge is 0.257 e. The lowest BCUT2D eigenvalue weighted by atomic mass is 10.1. The molecular formula is C20H21NO5. The zero-order valence-electron chi connectivity index (χ0n) is 14.7. The van der Waals surface area contributed by atoms with Crippen molar-refractivity contribution in [3.63, 3.8) is 0 Å². The van der Waals surface area contributed by atoms with Gasteiger partial charge in [0.2, 0.25) is 0 Å². The Balaban J connectivity index is 2.08. The molecule has 0 unspecified atom stereocenters. The van der Waals surface area contributed by atoms with Gasteiger partial charge in [0.05, 0.1) is 7.11 Å². The van der Waals surface area contributed by atoms with Crippen LogP contribution in [-0.4, -0.2) is 37.1 Å². The van der Waals surface area contributed by atoms with Gasteiger partial charge in [-0.15, -0.1) is 0 Å². The highest BCUT2D eigenvalue weighted by Crippen LogP contribution is 2.28. The Morgan fingerprint density at radius 3 is 2.65 bits per heavy atom. The number of methoxy groups -OCH3 is 1. The Morgan fingerprint density at radius 2 is 1.96 bits per heavy atom. The highest BCUT2D eigenvalue weighted by atomic mass is 16.5. The number of ketones is 1. The Bertz CT molecular complexity index is 814. The lowest BCUT2D eigenvalue weighted by Crippen LogP contribution is -2.28. The van der Waals surface area contributed by atoms with Crippen LogP contribution in [0.25, 0.3) is 6.08 Å². The van der Waals surface area contributed by atoms with E-state index in [0.29, 0.717) is 23.6 Å². The zero-order valence-corrected chi connectivity index (χ0v) is 14.7. The van der Waals surface area contributed by atoms with E-state index in [0.717, 1.165) is 5.56 Å². The van der Waals surface area contributed by atoms with Crippen LogP contribution in [0.1, 0.15) is 22.8 Å². The van der Waals surface area contributed by atoms with Crippen molar-refractivity contribution in [2.75, 3.05) is 20.3 Å². The Hall–Kier alpha value is -3.28. The number of allylic oxidation sites excluding steroid dienone is 1. The van der Waals surface area contributed by atoms with E-state index < -0.39 is 0 Å². The highest BCUT2D eigenvalue weighted by molar-refractivity contribution is 6.07. The minimum absolute atomic E-state index is 0.0412. The summed E-state index contributed by atoms with van der Waals surface area (Å²) < 4.78 is 10.7. The van der Waals surface area contributed by atoms with Gasteiger partial charge in [0.25, 0.3) is 5.91 Å². The summed E-state index contributed by atoms with van der Waals surface area (Å²) in [6.45, 7) is 2.27. The highest BCUT2D eigenvalue weighted by Gasteiger charge is 2.08. The van der Waals surface area contributed by atoms with Crippen LogP contribution in [0.2, 0.25) is 0 Å². The normalized spacial score (nSPS) is 10.5. The molecule has 0 fully saturated rings. The number of hydrogen-bond acceptors (Lipinski definition) is 5. The molecule has 1 amide bonds. The Morgan fingerprint density at radius 1 is 1.15 bits per heavy atom. The maximum atomic E-state index is 12.1. The first-order valence-electron chi connectivity index (χ1n) is 8.12. The predicted molar refractivity (Wildman–Crippen MR) is 98.6 cm³/mol. The van der Waals surface area contributed by atoms with Crippen molar-refractivity contribution in [3.8, 4) is 17.2 Å². The number of ether oxygens (including phenoxy) is 2. The minimum Gasteiger partial charge on any atom is -0.508 e. The largest absolute Gasteiger partial charge is 0.508 e. The maximum absolute atomic E-state index is 12.1. The molecule has 0 aliphatic carbocycles. The number of hydrogen-bond donors (Lipinski definition) is 2. The molecule has 6 heteroatoms. The van der Waals surface area contributed by atoms with Crippen LogP contribution in [0.4, 0.5) is 0 Å². The van der Waals surface area contributed by atoms with Crippen LogP contribution < -0.4 is 14.8 Å². The number of benzene rings is 2. The van der Waals surface area contributed by atoms with Crippen molar-refractivity contribution in [1.29, 1.82) is 0 Å². The number of rotatable bonds is 8. The summed E-state index contributed by atoms with van der Waals surface area (Å²) >= 11 is 0. The molecule has 136 valence electrons. The summed E-state index contributed by atoms with van der Waals surface area (Å²) in [5.74, 6) is 0.502. The van der Waals surface area contributed by atoms with Gasteiger partial charge in [0.15, 0.2) is 23.9 Å². The molecule has 2 rings (SSSR count). The third-order valence-corrected chi connectivity index (χ3v) is 3.48. The molecule has 0 aliphatic rings. The molecule has 0 aromatic heterocycles. The molecule has 26 heavy (non-hydrogen) atoms. The molecule has 6 nitrogen and oxygen atoms in total. The number of likely N-dealkylation sites (N-methyl/N-ethyl adjacent to an activating group) is 1. The molecule has 2 aromatic carbocycles. The van der Waals surface area contributed by atoms with Crippen LogP contribution in [0.3, 0.4) is 0 Å². The number of carbonyl (C=O) groups excluding carboxylic acids is 2. The van der Waals surface area contributed by atoms with Crippen molar-refractivity contribution in [3.05, 3.63) is 59.7 Å². The van der Waals surface area contributed by atoms with Crippen LogP contribution in [0.15, 0.2) is 48.5 Å². The number of nitrogens with one attached hydrogen (secondary N) is 1. The topological polar surface area (TPSA) is 84.9 Å². The fourth-order valence-electron chi connectivity index (χ4n) is 2.23. The monoisotopic (exact) mass is 355 g/mol. The quantitative estimate of drug-likeness (QED) is 0.562. The van der Waals surface area contributed by atoms with Gasteiger partial charge in [0, 0.05) is 12.1 Å². The summed E-state index contributed by atoms with van der Waals surface area (Å²) in [7, 11) is 1.50. The molecule has 2 aromatic rings. The summed E-state index contributed by atoms with van der Waals surface area (Å²) in [5, 5.41) is 12.1. The minimum atomic E-state index is -0.226. The maximum Gasteiger partial charge on any atom is 0.257 e. The fourth-order valence-corrected chi connectivity index (χ4v) is 2.23. The van der Waals surface area contributed by atoms with Gasteiger partial charge in [-0.05, 0) is 42.8 Å². The van der Waals surface area contributed by atoms with Crippen LogP contribution >= 0.6 is 0 Å². The first-order valence-corrected chi connectivity index (χ1v) is 8.12. The van der Waals surface area contributed by atoms with Crippen molar-refractivity contribution in [2.45, 2.75) is 6.92 Å². The first-order chi connectivity index (χ1) is 12.5. The van der Waals surface area contributed by atoms with E-state index in [1.807, 2.05) is 6.92 Å². The van der Waals surface area contributed by atoms with Crippen LogP contribution in [0, 0.1) is 0 Å². The average Bonchev–Trinajstić information content (AvgIpc) is 2.64. The molecule has 0 aliphatic heterocycles. The number of amides is 1. The van der Waals surface area contributed by atoms with E-state index >= 15 is 0 Å². The van der Waals surface area contributed by atoms with Gasteiger partial charge in [-0.25, -0.2) is 0 Å². The van der Waals surface area contributed by atoms with E-state index in [1.54, 1.807) is 36.4 Å². The van der Waals surface area contributed by atoms with Gasteiger partial charge in [-0.2, -0.15) is 0 Å². The van der Waals surface area contributed by atoms with Crippen molar-refractivity contribution < 1.29 is 24.2 Å². The molecule has 0 atom stereocenters. The van der Waals surface area contributed by atoms with E-state index in [4.69, 9.17) is 9.47 Å². The average molecular weight is 355 g/mol. The van der Waals surface area contributed by atoms with Gasteiger partial charge < -0.3 is 19.9 Å². The van der Waals surface area contributed by atoms with Gasteiger partial charge in [-0.3, -0.25) is 9.59 Å². The summed E-state index contributed by atoms with van der Waals surface area (Å²) in [6, 6.07) is 11.3. The number of carbonyl (C=O) groups is 2. The molecular weight excluding hydrogens is 334 g/mol. The van der Waals surface area contributed by atoms with Crippen molar-refractivity contribution in [1.82, 2.24) is 5.32 Å². The SMILES string of the molecule is CCNC(=O)COc1ccc(C=CC(=O)c2cccc(O)c2)cc1OC. The molecule has 0 radical (unpaired) electrons. The molecule has 2 N–H and O–H groups in total. The van der Waals surface area contributed by atoms with E-state index in [1.165, 1.54) is 25.3 Å². The van der Waals surface area contributed by atoms with Crippen molar-refractivity contribution in [2.24, 2.45) is 0 Å².